The molecule has 0 unspecified atom stereocenters. The second kappa shape index (κ2) is 7.17. The van der Waals surface area contributed by atoms with Crippen LogP contribution in [0.3, 0.4) is 0 Å². The average Bonchev–Trinajstić information content (AvgIpc) is 2.64. The van der Waals surface area contributed by atoms with Crippen molar-refractivity contribution in [3.8, 4) is 28.3 Å². The van der Waals surface area contributed by atoms with Gasteiger partial charge < -0.3 is 9.72 Å². The molecule has 0 spiro atoms. The number of nitrogens with one attached hydrogen (secondary N) is 1. The fourth-order valence-electron chi connectivity index (χ4n) is 2.71. The topological polar surface area (TPSA) is 77.0 Å². The Bertz CT molecular complexity index is 1070. The number of ether oxygens (including phenoxy) is 1. The summed E-state index contributed by atoms with van der Waals surface area (Å²) >= 11 is 6.06. The van der Waals surface area contributed by atoms with E-state index in [1.54, 1.807) is 25.3 Å². The zero-order chi connectivity index (χ0) is 18.8. The number of H-pyrrole nitrogens is 1. The molecule has 1 aromatic carbocycles. The first kappa shape index (κ1) is 17.9. The predicted molar refractivity (Wildman–Crippen MR) is 102 cm³/mol. The summed E-state index contributed by atoms with van der Waals surface area (Å²) in [5.41, 5.74) is 1.75. The minimum atomic E-state index is -0.409. The van der Waals surface area contributed by atoms with E-state index in [1.807, 2.05) is 32.0 Å². The van der Waals surface area contributed by atoms with Gasteiger partial charge >= 0.3 is 0 Å². The summed E-state index contributed by atoms with van der Waals surface area (Å²) in [5, 5.41) is 4.48. The van der Waals surface area contributed by atoms with E-state index in [4.69, 9.17) is 16.3 Å². The molecule has 0 aliphatic rings. The van der Waals surface area contributed by atoms with Gasteiger partial charge in [0, 0.05) is 17.2 Å². The van der Waals surface area contributed by atoms with Crippen LogP contribution >= 0.6 is 11.6 Å². The van der Waals surface area contributed by atoms with Gasteiger partial charge in [-0.3, -0.25) is 9.59 Å². The van der Waals surface area contributed by atoms with Crippen LogP contribution in [0, 0.1) is 0 Å². The molecule has 3 aromatic rings. The third-order valence-electron chi connectivity index (χ3n) is 3.96. The monoisotopic (exact) mass is 371 g/mol. The molecule has 0 saturated heterocycles. The Balaban J connectivity index is 2.32. The van der Waals surface area contributed by atoms with Gasteiger partial charge in [-0.15, -0.1) is 0 Å². The summed E-state index contributed by atoms with van der Waals surface area (Å²) in [6.07, 6.45) is 0. The molecule has 0 atom stereocenters. The SMILES string of the molecule is COc1ccccc1-c1[nH]c(=O)c(Cl)cc1-c1ccc(=O)n(C(C)C)n1. The number of benzene rings is 1. The molecular weight excluding hydrogens is 354 g/mol. The molecule has 2 aromatic heterocycles. The molecule has 0 radical (unpaired) electrons. The molecule has 26 heavy (non-hydrogen) atoms. The van der Waals surface area contributed by atoms with E-state index in [2.05, 4.69) is 10.1 Å². The Hall–Kier alpha value is -2.86. The first-order valence-electron chi connectivity index (χ1n) is 8.09. The smallest absolute Gasteiger partial charge is 0.267 e. The molecule has 6 nitrogen and oxygen atoms in total. The highest BCUT2D eigenvalue weighted by molar-refractivity contribution is 6.30. The molecule has 134 valence electrons. The number of halogens is 1. The van der Waals surface area contributed by atoms with Gasteiger partial charge in [0.05, 0.1) is 24.5 Å². The van der Waals surface area contributed by atoms with Gasteiger partial charge in [-0.25, -0.2) is 4.68 Å². The summed E-state index contributed by atoms with van der Waals surface area (Å²) < 4.78 is 6.80. The Morgan fingerprint density at radius 1 is 1.12 bits per heavy atom. The van der Waals surface area contributed by atoms with Gasteiger partial charge in [0.25, 0.3) is 11.1 Å². The average molecular weight is 372 g/mol. The van der Waals surface area contributed by atoms with Gasteiger partial charge in [0.2, 0.25) is 0 Å². The summed E-state index contributed by atoms with van der Waals surface area (Å²) in [4.78, 5) is 26.9. The van der Waals surface area contributed by atoms with E-state index in [0.29, 0.717) is 28.3 Å². The minimum Gasteiger partial charge on any atom is -0.496 e. The van der Waals surface area contributed by atoms with Gasteiger partial charge in [-0.1, -0.05) is 23.7 Å². The van der Waals surface area contributed by atoms with Crippen molar-refractivity contribution in [1.82, 2.24) is 14.8 Å². The van der Waals surface area contributed by atoms with Crippen molar-refractivity contribution >= 4 is 11.6 Å². The summed E-state index contributed by atoms with van der Waals surface area (Å²) in [6, 6.07) is 11.8. The zero-order valence-corrected chi connectivity index (χ0v) is 15.4. The molecule has 2 heterocycles. The number of hydrogen-bond donors (Lipinski definition) is 1. The third kappa shape index (κ3) is 3.28. The fraction of sp³-hybridized carbons (Fsp3) is 0.211. The number of pyridine rings is 1. The molecule has 0 fully saturated rings. The first-order valence-corrected chi connectivity index (χ1v) is 8.46. The number of hydrogen-bond acceptors (Lipinski definition) is 4. The van der Waals surface area contributed by atoms with Crippen LogP contribution in [0.2, 0.25) is 5.02 Å². The van der Waals surface area contributed by atoms with Crippen LogP contribution < -0.4 is 15.9 Å². The number of aromatic nitrogens is 3. The quantitative estimate of drug-likeness (QED) is 0.761. The standard InChI is InChI=1S/C19H18ClN3O3/c1-11(2)23-17(24)9-8-15(22-23)13-10-14(20)19(25)21-18(13)12-6-4-5-7-16(12)26-3/h4-11H,1-3H3,(H,21,25). The van der Waals surface area contributed by atoms with Gasteiger partial charge in [-0.2, -0.15) is 5.10 Å². The van der Waals surface area contributed by atoms with Crippen LogP contribution in [0.25, 0.3) is 22.5 Å². The molecule has 0 saturated carbocycles. The van der Waals surface area contributed by atoms with Crippen molar-refractivity contribution in [2.24, 2.45) is 0 Å². The zero-order valence-electron chi connectivity index (χ0n) is 14.6. The van der Waals surface area contributed by atoms with Gasteiger partial charge in [0.1, 0.15) is 10.8 Å². The molecule has 0 aliphatic heterocycles. The predicted octanol–water partition coefficient (Wildman–Crippen LogP) is 3.51. The van der Waals surface area contributed by atoms with Crippen molar-refractivity contribution < 1.29 is 4.74 Å². The fourth-order valence-corrected chi connectivity index (χ4v) is 2.87. The molecular formula is C19H18ClN3O3. The van der Waals surface area contributed by atoms with E-state index in [9.17, 15) is 9.59 Å². The van der Waals surface area contributed by atoms with Crippen molar-refractivity contribution in [2.75, 3.05) is 7.11 Å². The lowest BCUT2D eigenvalue weighted by atomic mass is 10.0. The van der Waals surface area contributed by atoms with Gasteiger partial charge in [0.15, 0.2) is 0 Å². The Morgan fingerprint density at radius 3 is 2.54 bits per heavy atom. The van der Waals surface area contributed by atoms with Crippen LogP contribution in [0.15, 0.2) is 52.1 Å². The van der Waals surface area contributed by atoms with E-state index in [1.165, 1.54) is 10.7 Å². The van der Waals surface area contributed by atoms with Crippen molar-refractivity contribution in [3.05, 3.63) is 68.2 Å². The second-order valence-corrected chi connectivity index (χ2v) is 6.44. The lowest BCUT2D eigenvalue weighted by Crippen LogP contribution is -2.24. The lowest BCUT2D eigenvalue weighted by Gasteiger charge is -2.15. The van der Waals surface area contributed by atoms with Crippen LogP contribution in [0.4, 0.5) is 0 Å². The van der Waals surface area contributed by atoms with E-state index < -0.39 is 5.56 Å². The Morgan fingerprint density at radius 2 is 1.85 bits per heavy atom. The van der Waals surface area contributed by atoms with Crippen molar-refractivity contribution in [1.29, 1.82) is 0 Å². The highest BCUT2D eigenvalue weighted by Crippen LogP contribution is 2.35. The van der Waals surface area contributed by atoms with Crippen molar-refractivity contribution in [3.63, 3.8) is 0 Å². The second-order valence-electron chi connectivity index (χ2n) is 6.03. The van der Waals surface area contributed by atoms with E-state index in [0.717, 1.165) is 0 Å². The van der Waals surface area contributed by atoms with Crippen LogP contribution in [-0.2, 0) is 0 Å². The summed E-state index contributed by atoms with van der Waals surface area (Å²) in [7, 11) is 1.56. The van der Waals surface area contributed by atoms with Crippen LogP contribution in [0.5, 0.6) is 5.75 Å². The van der Waals surface area contributed by atoms with E-state index in [-0.39, 0.29) is 16.6 Å². The highest BCUT2D eigenvalue weighted by atomic mass is 35.5. The number of para-hydroxylation sites is 1. The summed E-state index contributed by atoms with van der Waals surface area (Å²) in [6.45, 7) is 3.75. The Kier molecular flexibility index (Phi) is 4.95. The maximum atomic E-state index is 12.1. The number of nitrogens with zero attached hydrogens (tertiary/aromatic N) is 2. The van der Waals surface area contributed by atoms with E-state index >= 15 is 0 Å². The number of aromatic amines is 1. The summed E-state index contributed by atoms with van der Waals surface area (Å²) in [5.74, 6) is 0.601. The lowest BCUT2D eigenvalue weighted by molar-refractivity contribution is 0.416. The largest absolute Gasteiger partial charge is 0.496 e. The highest BCUT2D eigenvalue weighted by Gasteiger charge is 2.17. The molecule has 7 heteroatoms. The molecule has 1 N–H and O–H groups in total. The van der Waals surface area contributed by atoms with Crippen molar-refractivity contribution in [2.45, 2.75) is 19.9 Å². The van der Waals surface area contributed by atoms with Crippen LogP contribution in [-0.4, -0.2) is 21.9 Å². The van der Waals surface area contributed by atoms with Crippen LogP contribution in [0.1, 0.15) is 19.9 Å². The first-order chi connectivity index (χ1) is 12.4. The van der Waals surface area contributed by atoms with Gasteiger partial charge in [-0.05, 0) is 38.1 Å². The number of rotatable bonds is 4. The normalized spacial score (nSPS) is 11.0. The molecule has 0 aliphatic carbocycles. The maximum absolute atomic E-state index is 12.1. The molecule has 0 bridgehead atoms. The minimum absolute atomic E-state index is 0.0442. The third-order valence-corrected chi connectivity index (χ3v) is 4.24. The Labute approximate surface area is 155 Å². The molecule has 0 amide bonds. The maximum Gasteiger partial charge on any atom is 0.267 e. The number of methoxy groups -OCH3 is 1. The molecule has 3 rings (SSSR count).